The minimum atomic E-state index is -0.264. The molecule has 1 N–H and O–H groups in total. The van der Waals surface area contributed by atoms with Crippen LogP contribution in [0, 0.1) is 11.9 Å². The Morgan fingerprint density at radius 1 is 1.67 bits per heavy atom. The first-order valence-corrected chi connectivity index (χ1v) is 2.68. The van der Waals surface area contributed by atoms with E-state index in [1.54, 1.807) is 19.2 Å². The van der Waals surface area contributed by atoms with Crippen LogP contribution in [0.3, 0.4) is 0 Å². The summed E-state index contributed by atoms with van der Waals surface area (Å²) in [6, 6.07) is 7.21. The average Bonchev–Trinajstić information content (AvgIpc) is 1.89. The number of rotatable bonds is 1. The normalized spacial score (nSPS) is 9.11. The van der Waals surface area contributed by atoms with Gasteiger partial charge < -0.3 is 5.32 Å². The standard InChI is InChI=1S/C7H7FN/c1-9-7-5-3-2-4-6(7)8/h3-5,9H,1H3. The largest absolute Gasteiger partial charge is 0.386 e. The van der Waals surface area contributed by atoms with Gasteiger partial charge in [-0.05, 0) is 18.2 Å². The zero-order valence-electron chi connectivity index (χ0n) is 5.11. The lowest BCUT2D eigenvalue weighted by Crippen LogP contribution is -1.90. The minimum Gasteiger partial charge on any atom is -0.386 e. The molecule has 1 rings (SSSR count). The average molecular weight is 124 g/mol. The third kappa shape index (κ3) is 1.19. The minimum absolute atomic E-state index is 0.264. The maximum atomic E-state index is 12.5. The smallest absolute Gasteiger partial charge is 0.146 e. The van der Waals surface area contributed by atoms with Crippen LogP contribution >= 0.6 is 0 Å². The first-order valence-electron chi connectivity index (χ1n) is 2.68. The predicted molar refractivity (Wildman–Crippen MR) is 34.8 cm³/mol. The van der Waals surface area contributed by atoms with E-state index in [-0.39, 0.29) is 5.82 Å². The molecule has 0 saturated heterocycles. The Morgan fingerprint density at radius 2 is 2.44 bits per heavy atom. The van der Waals surface area contributed by atoms with Crippen LogP contribution < -0.4 is 5.32 Å². The van der Waals surface area contributed by atoms with E-state index in [1.165, 1.54) is 6.07 Å². The summed E-state index contributed by atoms with van der Waals surface area (Å²) in [5, 5.41) is 2.70. The number of halogens is 1. The number of hydrogen-bond donors (Lipinski definition) is 1. The molecule has 9 heavy (non-hydrogen) atoms. The van der Waals surface area contributed by atoms with Crippen molar-refractivity contribution in [3.63, 3.8) is 0 Å². The number of anilines is 1. The number of hydrogen-bond acceptors (Lipinski definition) is 1. The highest BCUT2D eigenvalue weighted by Gasteiger charge is 1.93. The van der Waals surface area contributed by atoms with Crippen LogP contribution in [0.15, 0.2) is 18.2 Å². The maximum absolute atomic E-state index is 12.5. The van der Waals surface area contributed by atoms with Crippen molar-refractivity contribution >= 4 is 5.69 Å². The highest BCUT2D eigenvalue weighted by molar-refractivity contribution is 5.42. The van der Waals surface area contributed by atoms with Gasteiger partial charge in [-0.15, -0.1) is 0 Å². The second-order valence-electron chi connectivity index (χ2n) is 1.66. The molecule has 0 fully saturated rings. The van der Waals surface area contributed by atoms with Crippen LogP contribution in [-0.2, 0) is 0 Å². The molecular formula is C7H7FN. The molecule has 1 aromatic carbocycles. The van der Waals surface area contributed by atoms with E-state index in [0.29, 0.717) is 5.69 Å². The van der Waals surface area contributed by atoms with Crippen molar-refractivity contribution < 1.29 is 4.39 Å². The van der Waals surface area contributed by atoms with Crippen LogP contribution in [0.1, 0.15) is 0 Å². The van der Waals surface area contributed by atoms with Gasteiger partial charge in [0.25, 0.3) is 0 Å². The molecule has 0 aromatic heterocycles. The molecule has 0 aliphatic rings. The lowest BCUT2D eigenvalue weighted by atomic mass is 10.3. The fourth-order valence-corrected chi connectivity index (χ4v) is 0.613. The van der Waals surface area contributed by atoms with Gasteiger partial charge in [0, 0.05) is 7.05 Å². The molecule has 0 bridgehead atoms. The number of nitrogens with one attached hydrogen (secondary N) is 1. The Morgan fingerprint density at radius 3 is 2.89 bits per heavy atom. The van der Waals surface area contributed by atoms with Crippen molar-refractivity contribution in [2.75, 3.05) is 12.4 Å². The van der Waals surface area contributed by atoms with E-state index in [0.717, 1.165) is 0 Å². The Hall–Kier alpha value is -1.05. The summed E-state index contributed by atoms with van der Waals surface area (Å²) in [5.74, 6) is -0.264. The molecule has 0 amide bonds. The summed E-state index contributed by atoms with van der Waals surface area (Å²) in [5.41, 5.74) is 0.508. The van der Waals surface area contributed by atoms with Crippen molar-refractivity contribution in [1.29, 1.82) is 0 Å². The van der Waals surface area contributed by atoms with Crippen molar-refractivity contribution in [3.8, 4) is 0 Å². The molecule has 0 spiro atoms. The summed E-state index contributed by atoms with van der Waals surface area (Å²) in [6.45, 7) is 0. The van der Waals surface area contributed by atoms with Crippen molar-refractivity contribution in [2.24, 2.45) is 0 Å². The van der Waals surface area contributed by atoms with Crippen molar-refractivity contribution in [2.45, 2.75) is 0 Å². The molecule has 1 radical (unpaired) electrons. The molecule has 0 atom stereocenters. The summed E-state index contributed by atoms with van der Waals surface area (Å²) >= 11 is 0. The van der Waals surface area contributed by atoms with E-state index >= 15 is 0 Å². The molecule has 1 aromatic rings. The molecular weight excluding hydrogens is 117 g/mol. The highest BCUT2D eigenvalue weighted by Crippen LogP contribution is 2.09. The van der Waals surface area contributed by atoms with Gasteiger partial charge in [-0.25, -0.2) is 4.39 Å². The molecule has 0 aliphatic heterocycles. The highest BCUT2D eigenvalue weighted by atomic mass is 19.1. The van der Waals surface area contributed by atoms with Gasteiger partial charge in [0.15, 0.2) is 0 Å². The molecule has 0 unspecified atom stereocenters. The van der Waals surface area contributed by atoms with Gasteiger partial charge in [-0.3, -0.25) is 0 Å². The van der Waals surface area contributed by atoms with Crippen LogP contribution in [0.4, 0.5) is 10.1 Å². The molecule has 1 nitrogen and oxygen atoms in total. The van der Waals surface area contributed by atoms with Crippen LogP contribution in [0.5, 0.6) is 0 Å². The summed E-state index contributed by atoms with van der Waals surface area (Å²) in [7, 11) is 1.68. The van der Waals surface area contributed by atoms with Gasteiger partial charge in [-0.1, -0.05) is 6.07 Å². The van der Waals surface area contributed by atoms with Crippen molar-refractivity contribution in [1.82, 2.24) is 0 Å². The maximum Gasteiger partial charge on any atom is 0.146 e. The zero-order chi connectivity index (χ0) is 6.69. The Balaban J connectivity index is 3.01. The molecule has 0 heterocycles. The van der Waals surface area contributed by atoms with Gasteiger partial charge in [0.2, 0.25) is 0 Å². The van der Waals surface area contributed by atoms with E-state index in [9.17, 15) is 4.39 Å². The van der Waals surface area contributed by atoms with E-state index in [2.05, 4.69) is 11.4 Å². The Bertz CT molecular complexity index is 198. The van der Waals surface area contributed by atoms with Gasteiger partial charge >= 0.3 is 0 Å². The van der Waals surface area contributed by atoms with Gasteiger partial charge in [-0.2, -0.15) is 0 Å². The second kappa shape index (κ2) is 2.49. The van der Waals surface area contributed by atoms with Crippen molar-refractivity contribution in [3.05, 3.63) is 30.1 Å². The summed E-state index contributed by atoms with van der Waals surface area (Å²) in [4.78, 5) is 0. The second-order valence-corrected chi connectivity index (χ2v) is 1.66. The van der Waals surface area contributed by atoms with E-state index in [1.807, 2.05) is 0 Å². The first kappa shape index (κ1) is 6.08. The van der Waals surface area contributed by atoms with Crippen LogP contribution in [-0.4, -0.2) is 7.05 Å². The fourth-order valence-electron chi connectivity index (χ4n) is 0.613. The third-order valence-corrected chi connectivity index (χ3v) is 1.08. The predicted octanol–water partition coefficient (Wildman–Crippen LogP) is 1.67. The Labute approximate surface area is 53.5 Å². The fraction of sp³-hybridized carbons (Fsp3) is 0.143. The third-order valence-electron chi connectivity index (χ3n) is 1.08. The SMILES string of the molecule is CNc1cc[c]cc1F. The Kier molecular flexibility index (Phi) is 1.68. The molecule has 47 valence electrons. The topological polar surface area (TPSA) is 12.0 Å². The molecule has 0 aliphatic carbocycles. The quantitative estimate of drug-likeness (QED) is 0.600. The van der Waals surface area contributed by atoms with Crippen LogP contribution in [0.2, 0.25) is 0 Å². The molecule has 2 heteroatoms. The summed E-state index contributed by atoms with van der Waals surface area (Å²) in [6.07, 6.45) is 0. The van der Waals surface area contributed by atoms with Crippen LogP contribution in [0.25, 0.3) is 0 Å². The van der Waals surface area contributed by atoms with E-state index in [4.69, 9.17) is 0 Å². The monoisotopic (exact) mass is 124 g/mol. The van der Waals surface area contributed by atoms with Gasteiger partial charge in [0.05, 0.1) is 5.69 Å². The summed E-state index contributed by atoms with van der Waals surface area (Å²) < 4.78 is 12.5. The van der Waals surface area contributed by atoms with E-state index < -0.39 is 0 Å². The first-order chi connectivity index (χ1) is 4.34. The lowest BCUT2D eigenvalue weighted by Gasteiger charge is -1.97. The lowest BCUT2D eigenvalue weighted by molar-refractivity contribution is 0.631. The van der Waals surface area contributed by atoms with Gasteiger partial charge in [0.1, 0.15) is 5.82 Å². The number of benzene rings is 1. The molecule has 0 saturated carbocycles. The zero-order valence-corrected chi connectivity index (χ0v) is 5.11.